The standard InChI is InChI=1S/C15H13F3N2OS/c1-9-2-3-11(8-13(9)16)20-15(22)19-10-4-6-12(7-5-10)21-14(17)18/h2-8,14H,1H3,(H2,19,20,22). The maximum atomic E-state index is 13.4. The predicted octanol–water partition coefficient (Wildman–Crippen LogP) is 4.54. The highest BCUT2D eigenvalue weighted by atomic mass is 32.1. The maximum absolute atomic E-state index is 13.4. The molecule has 0 spiro atoms. The number of nitrogens with one attached hydrogen (secondary N) is 2. The largest absolute Gasteiger partial charge is 0.435 e. The summed E-state index contributed by atoms with van der Waals surface area (Å²) >= 11 is 5.10. The number of halogens is 3. The zero-order valence-electron chi connectivity index (χ0n) is 11.6. The number of hydrogen-bond acceptors (Lipinski definition) is 2. The van der Waals surface area contributed by atoms with Crippen molar-refractivity contribution in [2.75, 3.05) is 10.6 Å². The van der Waals surface area contributed by atoms with Crippen LogP contribution in [0, 0.1) is 12.7 Å². The minimum absolute atomic E-state index is 0.0556. The Balaban J connectivity index is 1.95. The second-order valence-corrected chi connectivity index (χ2v) is 4.85. The lowest BCUT2D eigenvalue weighted by molar-refractivity contribution is -0.0498. The van der Waals surface area contributed by atoms with Gasteiger partial charge < -0.3 is 15.4 Å². The molecule has 0 fully saturated rings. The second kappa shape index (κ2) is 7.13. The zero-order chi connectivity index (χ0) is 16.1. The van der Waals surface area contributed by atoms with Crippen LogP contribution in [0.25, 0.3) is 0 Å². The van der Waals surface area contributed by atoms with Crippen LogP contribution >= 0.6 is 12.2 Å². The summed E-state index contributed by atoms with van der Waals surface area (Å²) < 4.78 is 41.7. The smallest absolute Gasteiger partial charge is 0.387 e. The molecule has 0 atom stereocenters. The van der Waals surface area contributed by atoms with Crippen LogP contribution in [0.5, 0.6) is 5.75 Å². The SMILES string of the molecule is Cc1ccc(NC(=S)Nc2ccc(OC(F)F)cc2)cc1F. The van der Waals surface area contributed by atoms with Crippen LogP contribution in [0.15, 0.2) is 42.5 Å². The summed E-state index contributed by atoms with van der Waals surface area (Å²) in [6.45, 7) is -1.20. The lowest BCUT2D eigenvalue weighted by Crippen LogP contribution is -2.19. The molecule has 116 valence electrons. The van der Waals surface area contributed by atoms with Crippen LogP contribution in [0.2, 0.25) is 0 Å². The molecule has 3 nitrogen and oxygen atoms in total. The molecule has 0 aromatic heterocycles. The first-order valence-corrected chi connectivity index (χ1v) is 6.74. The highest BCUT2D eigenvalue weighted by molar-refractivity contribution is 7.80. The summed E-state index contributed by atoms with van der Waals surface area (Å²) in [4.78, 5) is 0. The Bertz CT molecular complexity index is 662. The van der Waals surface area contributed by atoms with Crippen molar-refractivity contribution in [3.63, 3.8) is 0 Å². The van der Waals surface area contributed by atoms with Crippen molar-refractivity contribution in [2.45, 2.75) is 13.5 Å². The van der Waals surface area contributed by atoms with Gasteiger partial charge in [-0.15, -0.1) is 0 Å². The predicted molar refractivity (Wildman–Crippen MR) is 84.1 cm³/mol. The molecule has 0 radical (unpaired) electrons. The van der Waals surface area contributed by atoms with Crippen molar-refractivity contribution in [1.82, 2.24) is 0 Å². The first kappa shape index (κ1) is 16.1. The number of benzene rings is 2. The summed E-state index contributed by atoms with van der Waals surface area (Å²) in [5.41, 5.74) is 1.64. The van der Waals surface area contributed by atoms with Crippen molar-refractivity contribution in [3.8, 4) is 5.75 Å². The van der Waals surface area contributed by atoms with Crippen LogP contribution in [-0.4, -0.2) is 11.7 Å². The summed E-state index contributed by atoms with van der Waals surface area (Å²) in [6.07, 6.45) is 0. The van der Waals surface area contributed by atoms with Crippen LogP contribution in [0.3, 0.4) is 0 Å². The van der Waals surface area contributed by atoms with E-state index >= 15 is 0 Å². The molecule has 0 aliphatic carbocycles. The number of hydrogen-bond donors (Lipinski definition) is 2. The van der Waals surface area contributed by atoms with E-state index in [9.17, 15) is 13.2 Å². The van der Waals surface area contributed by atoms with E-state index in [1.165, 1.54) is 18.2 Å². The zero-order valence-corrected chi connectivity index (χ0v) is 12.4. The van der Waals surface area contributed by atoms with Crippen LogP contribution < -0.4 is 15.4 Å². The third-order valence-electron chi connectivity index (χ3n) is 2.77. The molecule has 0 bridgehead atoms. The second-order valence-electron chi connectivity index (χ2n) is 4.45. The minimum Gasteiger partial charge on any atom is -0.435 e. The summed E-state index contributed by atoms with van der Waals surface area (Å²) in [7, 11) is 0. The number of alkyl halides is 2. The Labute approximate surface area is 131 Å². The van der Waals surface area contributed by atoms with Crippen molar-refractivity contribution in [2.24, 2.45) is 0 Å². The highest BCUT2D eigenvalue weighted by Crippen LogP contribution is 2.18. The third kappa shape index (κ3) is 4.63. The van der Waals surface area contributed by atoms with Crippen LogP contribution in [0.4, 0.5) is 24.5 Å². The Morgan fingerprint density at radius 2 is 1.64 bits per heavy atom. The number of aryl methyl sites for hydroxylation is 1. The molecule has 2 rings (SSSR count). The number of anilines is 2. The third-order valence-corrected chi connectivity index (χ3v) is 2.97. The molecule has 0 aliphatic rings. The van der Waals surface area contributed by atoms with E-state index in [0.717, 1.165) is 0 Å². The highest BCUT2D eigenvalue weighted by Gasteiger charge is 2.05. The average molecular weight is 326 g/mol. The Morgan fingerprint density at radius 3 is 2.23 bits per heavy atom. The monoisotopic (exact) mass is 326 g/mol. The first-order chi connectivity index (χ1) is 10.4. The molecule has 0 aliphatic heterocycles. The quantitative estimate of drug-likeness (QED) is 0.808. The fraction of sp³-hybridized carbons (Fsp3) is 0.133. The summed E-state index contributed by atoms with van der Waals surface area (Å²) in [6, 6.07) is 10.5. The average Bonchev–Trinajstić information content (AvgIpc) is 2.44. The molecule has 22 heavy (non-hydrogen) atoms. The van der Waals surface area contributed by atoms with Crippen LogP contribution in [-0.2, 0) is 0 Å². The van der Waals surface area contributed by atoms with Gasteiger partial charge in [0.15, 0.2) is 5.11 Å². The lowest BCUT2D eigenvalue weighted by atomic mass is 10.2. The molecule has 0 heterocycles. The van der Waals surface area contributed by atoms with E-state index in [-0.39, 0.29) is 16.7 Å². The molecule has 2 aromatic rings. The van der Waals surface area contributed by atoms with Gasteiger partial charge in [0.1, 0.15) is 11.6 Å². The Kier molecular flexibility index (Phi) is 5.21. The number of ether oxygens (including phenoxy) is 1. The number of thiocarbonyl (C=S) groups is 1. The van der Waals surface area contributed by atoms with Crippen molar-refractivity contribution >= 4 is 28.7 Å². The molecule has 7 heteroatoms. The van der Waals surface area contributed by atoms with Gasteiger partial charge in [-0.2, -0.15) is 8.78 Å². The van der Waals surface area contributed by atoms with E-state index < -0.39 is 6.61 Å². The van der Waals surface area contributed by atoms with Crippen molar-refractivity contribution < 1.29 is 17.9 Å². The fourth-order valence-electron chi connectivity index (χ4n) is 1.68. The molecule has 0 saturated heterocycles. The lowest BCUT2D eigenvalue weighted by Gasteiger charge is -2.12. The summed E-state index contributed by atoms with van der Waals surface area (Å²) in [5, 5.41) is 5.95. The van der Waals surface area contributed by atoms with Crippen molar-refractivity contribution in [3.05, 3.63) is 53.8 Å². The topological polar surface area (TPSA) is 33.3 Å². The molecule has 0 saturated carbocycles. The van der Waals surface area contributed by atoms with E-state index in [0.29, 0.717) is 16.9 Å². The van der Waals surface area contributed by atoms with Gasteiger partial charge in [-0.25, -0.2) is 4.39 Å². The summed E-state index contributed by atoms with van der Waals surface area (Å²) in [5.74, 6) is -0.277. The van der Waals surface area contributed by atoms with Gasteiger partial charge in [-0.3, -0.25) is 0 Å². The Morgan fingerprint density at radius 1 is 1.05 bits per heavy atom. The first-order valence-electron chi connectivity index (χ1n) is 6.33. The molecule has 2 aromatic carbocycles. The minimum atomic E-state index is -2.86. The van der Waals surface area contributed by atoms with Gasteiger partial charge in [-0.05, 0) is 61.1 Å². The van der Waals surface area contributed by atoms with Crippen LogP contribution in [0.1, 0.15) is 5.56 Å². The van der Waals surface area contributed by atoms with E-state index in [1.54, 1.807) is 31.2 Å². The van der Waals surface area contributed by atoms with Gasteiger partial charge in [0, 0.05) is 11.4 Å². The van der Waals surface area contributed by atoms with E-state index in [4.69, 9.17) is 12.2 Å². The Hall–Kier alpha value is -2.28. The van der Waals surface area contributed by atoms with Gasteiger partial charge in [0.05, 0.1) is 0 Å². The van der Waals surface area contributed by atoms with Gasteiger partial charge in [0.2, 0.25) is 0 Å². The number of rotatable bonds is 4. The molecule has 0 amide bonds. The van der Waals surface area contributed by atoms with E-state index in [2.05, 4.69) is 15.4 Å². The molecular formula is C15H13F3N2OS. The molecular weight excluding hydrogens is 313 g/mol. The molecule has 2 N–H and O–H groups in total. The van der Waals surface area contributed by atoms with Crippen molar-refractivity contribution in [1.29, 1.82) is 0 Å². The van der Waals surface area contributed by atoms with Gasteiger partial charge in [0.25, 0.3) is 0 Å². The van der Waals surface area contributed by atoms with Gasteiger partial charge in [-0.1, -0.05) is 6.07 Å². The van der Waals surface area contributed by atoms with E-state index in [1.807, 2.05) is 0 Å². The normalized spacial score (nSPS) is 10.4. The molecule has 0 unspecified atom stereocenters. The van der Waals surface area contributed by atoms with Gasteiger partial charge >= 0.3 is 6.61 Å². The fourth-order valence-corrected chi connectivity index (χ4v) is 1.92. The maximum Gasteiger partial charge on any atom is 0.387 e.